The summed E-state index contributed by atoms with van der Waals surface area (Å²) in [5, 5.41) is 3.61. The van der Waals surface area contributed by atoms with E-state index in [-0.39, 0.29) is 0 Å². The van der Waals surface area contributed by atoms with Crippen LogP contribution in [0.25, 0.3) is 0 Å². The fourth-order valence-electron chi connectivity index (χ4n) is 3.12. The largest absolute Gasteiger partial charge is 0.314 e. The standard InChI is InChI=1S/C14H29N/c1-5-7-12(4)14-9-6-8-13(14)10-15-11(2)3/h11-15H,5-10H2,1-4H3. The highest BCUT2D eigenvalue weighted by atomic mass is 14.9. The second kappa shape index (κ2) is 6.52. The number of rotatable bonds is 6. The van der Waals surface area contributed by atoms with E-state index in [2.05, 4.69) is 33.0 Å². The van der Waals surface area contributed by atoms with Crippen LogP contribution in [0.5, 0.6) is 0 Å². The van der Waals surface area contributed by atoms with Crippen molar-refractivity contribution >= 4 is 0 Å². The molecule has 0 radical (unpaired) electrons. The van der Waals surface area contributed by atoms with Crippen molar-refractivity contribution < 1.29 is 0 Å². The lowest BCUT2D eigenvalue weighted by molar-refractivity contribution is 0.253. The van der Waals surface area contributed by atoms with Crippen LogP contribution in [-0.2, 0) is 0 Å². The molecule has 1 rings (SSSR count). The van der Waals surface area contributed by atoms with E-state index in [1.807, 2.05) is 0 Å². The molecule has 0 saturated heterocycles. The van der Waals surface area contributed by atoms with Crippen molar-refractivity contribution in [2.75, 3.05) is 6.54 Å². The number of hydrogen-bond acceptors (Lipinski definition) is 1. The van der Waals surface area contributed by atoms with Crippen LogP contribution >= 0.6 is 0 Å². The molecule has 1 aliphatic rings. The Kier molecular flexibility index (Phi) is 5.66. The number of hydrogen-bond donors (Lipinski definition) is 1. The minimum atomic E-state index is 0.646. The zero-order valence-corrected chi connectivity index (χ0v) is 11.1. The van der Waals surface area contributed by atoms with Gasteiger partial charge >= 0.3 is 0 Å². The summed E-state index contributed by atoms with van der Waals surface area (Å²) in [5.41, 5.74) is 0. The Hall–Kier alpha value is -0.0400. The Bertz CT molecular complexity index is 165. The van der Waals surface area contributed by atoms with Crippen LogP contribution in [0.1, 0.15) is 59.8 Å². The van der Waals surface area contributed by atoms with Gasteiger partial charge in [0.25, 0.3) is 0 Å². The van der Waals surface area contributed by atoms with E-state index < -0.39 is 0 Å². The number of nitrogens with one attached hydrogen (secondary N) is 1. The SMILES string of the molecule is CCCC(C)C1CCCC1CNC(C)C. The second-order valence-electron chi connectivity index (χ2n) is 5.68. The van der Waals surface area contributed by atoms with E-state index in [4.69, 9.17) is 0 Å². The smallest absolute Gasteiger partial charge is 0.00104 e. The molecule has 1 fully saturated rings. The molecule has 15 heavy (non-hydrogen) atoms. The maximum Gasteiger partial charge on any atom is 0.00104 e. The van der Waals surface area contributed by atoms with Gasteiger partial charge in [-0.3, -0.25) is 0 Å². The van der Waals surface area contributed by atoms with E-state index in [0.29, 0.717) is 6.04 Å². The van der Waals surface area contributed by atoms with Gasteiger partial charge < -0.3 is 5.32 Å². The maximum atomic E-state index is 3.61. The first kappa shape index (κ1) is 13.0. The highest BCUT2D eigenvalue weighted by Gasteiger charge is 2.30. The molecule has 1 heteroatoms. The summed E-state index contributed by atoms with van der Waals surface area (Å²) in [6.45, 7) is 10.5. The van der Waals surface area contributed by atoms with Gasteiger partial charge in [-0.15, -0.1) is 0 Å². The van der Waals surface area contributed by atoms with E-state index in [1.165, 1.54) is 38.6 Å². The van der Waals surface area contributed by atoms with Crippen molar-refractivity contribution in [2.24, 2.45) is 17.8 Å². The summed E-state index contributed by atoms with van der Waals surface area (Å²) in [5.74, 6) is 2.89. The molecular weight excluding hydrogens is 182 g/mol. The second-order valence-corrected chi connectivity index (χ2v) is 5.68. The summed E-state index contributed by atoms with van der Waals surface area (Å²) in [7, 11) is 0. The molecule has 0 amide bonds. The lowest BCUT2D eigenvalue weighted by Crippen LogP contribution is -2.32. The van der Waals surface area contributed by atoms with E-state index >= 15 is 0 Å². The van der Waals surface area contributed by atoms with Gasteiger partial charge in [0.2, 0.25) is 0 Å². The zero-order chi connectivity index (χ0) is 11.3. The van der Waals surface area contributed by atoms with Crippen molar-refractivity contribution in [3.05, 3.63) is 0 Å². The van der Waals surface area contributed by atoms with Gasteiger partial charge in [-0.25, -0.2) is 0 Å². The highest BCUT2D eigenvalue weighted by Crippen LogP contribution is 2.38. The molecule has 0 heterocycles. The van der Waals surface area contributed by atoms with E-state index in [9.17, 15) is 0 Å². The summed E-state index contributed by atoms with van der Waals surface area (Å²) < 4.78 is 0. The molecule has 3 unspecified atom stereocenters. The molecule has 90 valence electrons. The molecule has 1 aliphatic carbocycles. The first-order valence-corrected chi connectivity index (χ1v) is 6.88. The third kappa shape index (κ3) is 4.14. The third-order valence-electron chi connectivity index (χ3n) is 3.98. The Balaban J connectivity index is 2.35. The molecule has 1 saturated carbocycles. The average molecular weight is 211 g/mol. The van der Waals surface area contributed by atoms with Crippen molar-refractivity contribution in [1.82, 2.24) is 5.32 Å². The van der Waals surface area contributed by atoms with E-state index in [1.54, 1.807) is 0 Å². The fourth-order valence-corrected chi connectivity index (χ4v) is 3.12. The molecule has 0 bridgehead atoms. The molecule has 0 spiro atoms. The Morgan fingerprint density at radius 3 is 2.53 bits per heavy atom. The topological polar surface area (TPSA) is 12.0 Å². The lowest BCUT2D eigenvalue weighted by Gasteiger charge is -2.26. The molecule has 3 atom stereocenters. The van der Waals surface area contributed by atoms with Crippen molar-refractivity contribution in [3.63, 3.8) is 0 Å². The quantitative estimate of drug-likeness (QED) is 0.704. The zero-order valence-electron chi connectivity index (χ0n) is 11.1. The first-order chi connectivity index (χ1) is 7.15. The van der Waals surface area contributed by atoms with Gasteiger partial charge in [-0.05, 0) is 37.1 Å². The Morgan fingerprint density at radius 2 is 1.93 bits per heavy atom. The van der Waals surface area contributed by atoms with Crippen molar-refractivity contribution in [1.29, 1.82) is 0 Å². The van der Waals surface area contributed by atoms with Gasteiger partial charge in [0.05, 0.1) is 0 Å². The molecule has 1 N–H and O–H groups in total. The van der Waals surface area contributed by atoms with Crippen LogP contribution in [0, 0.1) is 17.8 Å². The summed E-state index contributed by atoms with van der Waals surface area (Å²) in [4.78, 5) is 0. The summed E-state index contributed by atoms with van der Waals surface area (Å²) >= 11 is 0. The molecule has 0 aromatic rings. The minimum absolute atomic E-state index is 0.646. The van der Waals surface area contributed by atoms with Gasteiger partial charge in [0.15, 0.2) is 0 Å². The van der Waals surface area contributed by atoms with Gasteiger partial charge in [0, 0.05) is 6.04 Å². The summed E-state index contributed by atoms with van der Waals surface area (Å²) in [6.07, 6.45) is 7.16. The first-order valence-electron chi connectivity index (χ1n) is 6.88. The van der Waals surface area contributed by atoms with Gasteiger partial charge in [-0.1, -0.05) is 47.0 Å². The maximum absolute atomic E-state index is 3.61. The summed E-state index contributed by atoms with van der Waals surface area (Å²) in [6, 6.07) is 0.646. The lowest BCUT2D eigenvalue weighted by atomic mass is 9.82. The van der Waals surface area contributed by atoms with Crippen molar-refractivity contribution in [3.8, 4) is 0 Å². The van der Waals surface area contributed by atoms with Crippen LogP contribution in [0.3, 0.4) is 0 Å². The molecule has 0 aromatic heterocycles. The molecule has 0 aliphatic heterocycles. The molecule has 0 aromatic carbocycles. The van der Waals surface area contributed by atoms with Crippen molar-refractivity contribution in [2.45, 2.75) is 65.8 Å². The Morgan fingerprint density at radius 1 is 1.20 bits per heavy atom. The Labute approximate surface area is 96.0 Å². The molecule has 1 nitrogen and oxygen atoms in total. The normalized spacial score (nSPS) is 28.6. The predicted octanol–water partition coefficient (Wildman–Crippen LogP) is 3.84. The highest BCUT2D eigenvalue weighted by molar-refractivity contribution is 4.82. The van der Waals surface area contributed by atoms with Crippen LogP contribution < -0.4 is 5.32 Å². The fraction of sp³-hybridized carbons (Fsp3) is 1.00. The van der Waals surface area contributed by atoms with Crippen LogP contribution in [0.4, 0.5) is 0 Å². The van der Waals surface area contributed by atoms with Gasteiger partial charge in [-0.2, -0.15) is 0 Å². The van der Waals surface area contributed by atoms with Gasteiger partial charge in [0.1, 0.15) is 0 Å². The van der Waals surface area contributed by atoms with Crippen LogP contribution in [0.2, 0.25) is 0 Å². The minimum Gasteiger partial charge on any atom is -0.314 e. The van der Waals surface area contributed by atoms with Crippen LogP contribution in [0.15, 0.2) is 0 Å². The monoisotopic (exact) mass is 211 g/mol. The molecular formula is C14H29N. The van der Waals surface area contributed by atoms with E-state index in [0.717, 1.165) is 17.8 Å². The third-order valence-corrected chi connectivity index (χ3v) is 3.98. The van der Waals surface area contributed by atoms with Crippen LogP contribution in [-0.4, -0.2) is 12.6 Å². The average Bonchev–Trinajstić information content (AvgIpc) is 2.62. The predicted molar refractivity (Wildman–Crippen MR) is 68.0 cm³/mol.